The number of fused-ring (bicyclic) bond motifs is 1. The number of halogens is 1. The minimum absolute atomic E-state index is 0.0814. The summed E-state index contributed by atoms with van der Waals surface area (Å²) in [4.78, 5) is 23.0. The lowest BCUT2D eigenvalue weighted by atomic mass is 10.2. The number of sulfonamides is 1. The lowest BCUT2D eigenvalue weighted by molar-refractivity contribution is 0.0382. The van der Waals surface area contributed by atoms with Crippen LogP contribution in [0.15, 0.2) is 59.1 Å². The normalized spacial score (nSPS) is 14.2. The van der Waals surface area contributed by atoms with Crippen LogP contribution in [0.3, 0.4) is 0 Å². The Morgan fingerprint density at radius 2 is 1.88 bits per heavy atom. The summed E-state index contributed by atoms with van der Waals surface area (Å²) in [5, 5.41) is 14.5. The molecule has 1 aliphatic heterocycles. The predicted octanol–water partition coefficient (Wildman–Crippen LogP) is 2.70. The van der Waals surface area contributed by atoms with E-state index < -0.39 is 15.8 Å². The van der Waals surface area contributed by atoms with Crippen LogP contribution in [0.1, 0.15) is 16.1 Å². The van der Waals surface area contributed by atoms with Crippen LogP contribution in [-0.2, 0) is 20.5 Å². The maximum Gasteiger partial charge on any atom is 0.287 e. The second-order valence-corrected chi connectivity index (χ2v) is 10.8. The maximum absolute atomic E-state index is 14.5. The molecule has 0 spiro atoms. The van der Waals surface area contributed by atoms with Gasteiger partial charge in [-0.25, -0.2) is 22.9 Å². The molecule has 1 amide bonds. The highest BCUT2D eigenvalue weighted by Gasteiger charge is 2.15. The monoisotopic (exact) mass is 569 g/mol. The minimum Gasteiger partial charge on any atom is -0.451 e. The number of nitrogens with one attached hydrogen (secondary N) is 3. The molecule has 0 saturated carbocycles. The van der Waals surface area contributed by atoms with E-state index in [1.807, 2.05) is 0 Å². The number of benzene rings is 2. The maximum atomic E-state index is 14.5. The van der Waals surface area contributed by atoms with Crippen molar-refractivity contribution in [1.29, 1.82) is 0 Å². The molecule has 0 atom stereocenters. The lowest BCUT2D eigenvalue weighted by Crippen LogP contribution is -2.41. The van der Waals surface area contributed by atoms with Crippen LogP contribution >= 0.6 is 0 Å². The number of morpholine rings is 1. The van der Waals surface area contributed by atoms with Crippen molar-refractivity contribution in [3.63, 3.8) is 0 Å². The summed E-state index contributed by atoms with van der Waals surface area (Å²) in [5.74, 6) is -1.13. The Morgan fingerprint density at radius 3 is 2.67 bits per heavy atom. The number of ether oxygens (including phenoxy) is 1. The number of hydrogen-bond donors (Lipinski definition) is 4. The molecule has 14 heteroatoms. The summed E-state index contributed by atoms with van der Waals surface area (Å²) in [6.07, 6.45) is 1.02. The molecule has 1 saturated heterocycles. The first-order chi connectivity index (χ1) is 19.2. The second kappa shape index (κ2) is 12.0. The zero-order valence-electron chi connectivity index (χ0n) is 21.4. The molecule has 0 radical (unpaired) electrons. The second-order valence-electron chi connectivity index (χ2n) is 9.22. The number of hydrogen-bond acceptors (Lipinski definition) is 10. The van der Waals surface area contributed by atoms with Gasteiger partial charge < -0.3 is 25.1 Å². The zero-order valence-corrected chi connectivity index (χ0v) is 22.2. The van der Waals surface area contributed by atoms with Gasteiger partial charge in [-0.1, -0.05) is 12.1 Å². The molecule has 5 N–H and O–H groups in total. The molecule has 2 aromatic carbocycles. The number of aromatic nitrogens is 2. The van der Waals surface area contributed by atoms with Crippen LogP contribution in [0.2, 0.25) is 0 Å². The first-order valence-corrected chi connectivity index (χ1v) is 14.2. The Bertz CT molecular complexity index is 1620. The SMILES string of the molecule is NS(=O)(=O)Cc1cccc(Nc2ncc(F)c(Nc3ccc4oc(C(=O)NCCN5CCOCC5)cc4c3)n2)c1. The van der Waals surface area contributed by atoms with Crippen LogP contribution in [0, 0.1) is 5.82 Å². The van der Waals surface area contributed by atoms with Gasteiger partial charge >= 0.3 is 0 Å². The van der Waals surface area contributed by atoms with Gasteiger partial charge in [0.1, 0.15) is 5.58 Å². The summed E-state index contributed by atoms with van der Waals surface area (Å²) in [5.41, 5.74) is 2.01. The number of rotatable bonds is 10. The van der Waals surface area contributed by atoms with Gasteiger partial charge in [0, 0.05) is 42.9 Å². The molecule has 0 aliphatic carbocycles. The van der Waals surface area contributed by atoms with Crippen molar-refractivity contribution in [3.05, 3.63) is 71.9 Å². The van der Waals surface area contributed by atoms with E-state index in [0.717, 1.165) is 25.8 Å². The molecule has 1 fully saturated rings. The van der Waals surface area contributed by atoms with Gasteiger partial charge in [0.15, 0.2) is 17.4 Å². The lowest BCUT2D eigenvalue weighted by Gasteiger charge is -2.26. The van der Waals surface area contributed by atoms with Gasteiger partial charge in [-0.2, -0.15) is 4.98 Å². The molecule has 5 rings (SSSR count). The van der Waals surface area contributed by atoms with Crippen molar-refractivity contribution < 1.29 is 26.8 Å². The van der Waals surface area contributed by atoms with E-state index in [0.29, 0.717) is 47.7 Å². The van der Waals surface area contributed by atoms with E-state index in [4.69, 9.17) is 14.3 Å². The molecule has 40 heavy (non-hydrogen) atoms. The Balaban J connectivity index is 1.24. The third-order valence-corrected chi connectivity index (χ3v) is 6.85. The minimum atomic E-state index is -3.69. The molecule has 3 heterocycles. The summed E-state index contributed by atoms with van der Waals surface area (Å²) < 4.78 is 48.4. The molecule has 0 unspecified atom stereocenters. The van der Waals surface area contributed by atoms with Crippen molar-refractivity contribution >= 4 is 50.0 Å². The fourth-order valence-electron chi connectivity index (χ4n) is 4.22. The van der Waals surface area contributed by atoms with Crippen molar-refractivity contribution in [2.75, 3.05) is 50.0 Å². The van der Waals surface area contributed by atoms with E-state index in [9.17, 15) is 17.6 Å². The van der Waals surface area contributed by atoms with Gasteiger partial charge in [-0.15, -0.1) is 0 Å². The summed E-state index contributed by atoms with van der Waals surface area (Å²) in [6, 6.07) is 13.3. The third-order valence-electron chi connectivity index (χ3n) is 6.12. The molecule has 12 nitrogen and oxygen atoms in total. The topological polar surface area (TPSA) is 165 Å². The first-order valence-electron chi connectivity index (χ1n) is 12.5. The summed E-state index contributed by atoms with van der Waals surface area (Å²) in [7, 11) is -3.69. The van der Waals surface area contributed by atoms with Gasteiger partial charge in [0.25, 0.3) is 5.91 Å². The van der Waals surface area contributed by atoms with Crippen molar-refractivity contribution in [2.24, 2.45) is 5.14 Å². The van der Waals surface area contributed by atoms with Crippen LogP contribution in [0.5, 0.6) is 0 Å². The van der Waals surface area contributed by atoms with E-state index in [1.165, 1.54) is 0 Å². The summed E-state index contributed by atoms with van der Waals surface area (Å²) in [6.45, 7) is 4.29. The van der Waals surface area contributed by atoms with E-state index in [2.05, 4.69) is 30.8 Å². The average molecular weight is 570 g/mol. The predicted molar refractivity (Wildman–Crippen MR) is 148 cm³/mol. The number of furan rings is 1. The Labute approximate surface area is 229 Å². The Kier molecular flexibility index (Phi) is 8.21. The van der Waals surface area contributed by atoms with Crippen LogP contribution in [0.25, 0.3) is 11.0 Å². The highest BCUT2D eigenvalue weighted by molar-refractivity contribution is 7.88. The first kappa shape index (κ1) is 27.5. The highest BCUT2D eigenvalue weighted by Crippen LogP contribution is 2.26. The number of carbonyl (C=O) groups excluding carboxylic acids is 1. The van der Waals surface area contributed by atoms with Gasteiger partial charge in [0.05, 0.1) is 25.2 Å². The van der Waals surface area contributed by atoms with Crippen LogP contribution < -0.4 is 21.1 Å². The zero-order chi connectivity index (χ0) is 28.1. The van der Waals surface area contributed by atoms with Crippen molar-refractivity contribution in [1.82, 2.24) is 20.2 Å². The molecular weight excluding hydrogens is 541 g/mol. The Hall–Kier alpha value is -4.11. The number of primary sulfonamides is 1. The molecule has 4 aromatic rings. The van der Waals surface area contributed by atoms with Crippen molar-refractivity contribution in [3.8, 4) is 0 Å². The summed E-state index contributed by atoms with van der Waals surface area (Å²) >= 11 is 0. The average Bonchev–Trinajstić information content (AvgIpc) is 3.34. The van der Waals surface area contributed by atoms with Gasteiger partial charge in [-0.3, -0.25) is 9.69 Å². The number of anilines is 4. The molecular formula is C26H28FN7O5S. The van der Waals surface area contributed by atoms with E-state index in [-0.39, 0.29) is 29.2 Å². The largest absolute Gasteiger partial charge is 0.451 e. The smallest absolute Gasteiger partial charge is 0.287 e. The van der Waals surface area contributed by atoms with E-state index in [1.54, 1.807) is 48.5 Å². The van der Waals surface area contributed by atoms with Crippen molar-refractivity contribution in [2.45, 2.75) is 5.75 Å². The van der Waals surface area contributed by atoms with E-state index >= 15 is 0 Å². The fraction of sp³-hybridized carbons (Fsp3) is 0.269. The third kappa shape index (κ3) is 7.30. The number of carbonyl (C=O) groups is 1. The molecule has 0 bridgehead atoms. The number of nitrogens with two attached hydrogens (primary N) is 1. The standard InChI is InChI=1S/C26H28FN7O5S/c27-21-15-30-26(32-19-3-1-2-17(12-19)16-40(28,36)37)33-24(21)31-20-4-5-22-18(13-20)14-23(39-22)25(35)29-6-7-34-8-10-38-11-9-34/h1-5,12-15H,6-11,16H2,(H,29,35)(H2,28,36,37)(H2,30,31,32,33). The molecule has 2 aromatic heterocycles. The number of amides is 1. The highest BCUT2D eigenvalue weighted by atomic mass is 32.2. The quantitative estimate of drug-likeness (QED) is 0.223. The molecule has 210 valence electrons. The van der Waals surface area contributed by atoms with Gasteiger partial charge in [-0.05, 0) is 42.0 Å². The fourth-order valence-corrected chi connectivity index (χ4v) is 4.87. The molecule has 1 aliphatic rings. The Morgan fingerprint density at radius 1 is 1.07 bits per heavy atom. The van der Waals surface area contributed by atoms with Crippen LogP contribution in [-0.4, -0.2) is 68.6 Å². The van der Waals surface area contributed by atoms with Crippen LogP contribution in [0.4, 0.5) is 27.5 Å². The van der Waals surface area contributed by atoms with Gasteiger partial charge in [0.2, 0.25) is 16.0 Å². The number of nitrogens with zero attached hydrogens (tertiary/aromatic N) is 3.